The van der Waals surface area contributed by atoms with Crippen LogP contribution in [0.15, 0.2) is 16.7 Å². The Morgan fingerprint density at radius 1 is 1.47 bits per heavy atom. The number of nitrogens with two attached hydrogens (primary N) is 1. The smallest absolute Gasteiger partial charge is 0.147 e. The summed E-state index contributed by atoms with van der Waals surface area (Å²) in [6, 6.07) is 1.90. The molecule has 5 heteroatoms. The molecule has 2 heterocycles. The lowest BCUT2D eigenvalue weighted by molar-refractivity contribution is 0.385. The number of nitrogens with zero attached hydrogens (tertiary/aromatic N) is 2. The molecular weight excluding hydrogens is 302 g/mol. The van der Waals surface area contributed by atoms with Gasteiger partial charge in [-0.05, 0) is 53.7 Å². The zero-order chi connectivity index (χ0) is 12.3. The van der Waals surface area contributed by atoms with Gasteiger partial charge in [-0.2, -0.15) is 0 Å². The number of hydrogen-bond donors (Lipinski definition) is 1. The highest BCUT2D eigenvalue weighted by Gasteiger charge is 2.21. The third-order valence-corrected chi connectivity index (χ3v) is 3.99. The molecule has 0 aromatic carbocycles. The molecule has 1 aliphatic heterocycles. The summed E-state index contributed by atoms with van der Waals surface area (Å²) in [5.74, 6) is 1.67. The number of hydrogen-bond acceptors (Lipinski definition) is 3. The summed E-state index contributed by atoms with van der Waals surface area (Å²) in [6.45, 7) is 2.85. The highest BCUT2D eigenvalue weighted by atomic mass is 79.9. The molecule has 1 fully saturated rings. The molecule has 0 spiro atoms. The summed E-state index contributed by atoms with van der Waals surface area (Å²) in [5.41, 5.74) is 5.59. The standard InChI is InChI=1S/C12H17BrClN3/c13-10-7-11(14)12(16-8-10)17-5-2-9(1-4-15)3-6-17/h7-9H,1-6,15H2. The van der Waals surface area contributed by atoms with E-state index in [2.05, 4.69) is 25.8 Å². The fraction of sp³-hybridized carbons (Fsp3) is 0.583. The summed E-state index contributed by atoms with van der Waals surface area (Å²) in [4.78, 5) is 6.66. The van der Waals surface area contributed by atoms with E-state index in [4.69, 9.17) is 17.3 Å². The van der Waals surface area contributed by atoms with Crippen molar-refractivity contribution in [1.29, 1.82) is 0 Å². The van der Waals surface area contributed by atoms with Crippen molar-refractivity contribution in [2.45, 2.75) is 19.3 Å². The Hall–Kier alpha value is -0.320. The van der Waals surface area contributed by atoms with Crippen molar-refractivity contribution in [3.8, 4) is 0 Å². The number of halogens is 2. The van der Waals surface area contributed by atoms with Crippen molar-refractivity contribution in [1.82, 2.24) is 4.98 Å². The van der Waals surface area contributed by atoms with Crippen molar-refractivity contribution >= 4 is 33.3 Å². The minimum Gasteiger partial charge on any atom is -0.355 e. The van der Waals surface area contributed by atoms with Crippen LogP contribution in [0.3, 0.4) is 0 Å². The van der Waals surface area contributed by atoms with Crippen LogP contribution in [-0.2, 0) is 0 Å². The maximum absolute atomic E-state index is 6.21. The van der Waals surface area contributed by atoms with E-state index in [9.17, 15) is 0 Å². The molecule has 0 radical (unpaired) electrons. The number of pyridine rings is 1. The van der Waals surface area contributed by atoms with Crippen LogP contribution in [0.25, 0.3) is 0 Å². The first-order valence-electron chi connectivity index (χ1n) is 5.96. The molecule has 0 aliphatic carbocycles. The van der Waals surface area contributed by atoms with Gasteiger partial charge in [0.15, 0.2) is 0 Å². The van der Waals surface area contributed by atoms with E-state index in [-0.39, 0.29) is 0 Å². The predicted octanol–water partition coefficient (Wildman–Crippen LogP) is 3.06. The van der Waals surface area contributed by atoms with Gasteiger partial charge < -0.3 is 10.6 Å². The van der Waals surface area contributed by atoms with Gasteiger partial charge in [0.05, 0.1) is 5.02 Å². The second kappa shape index (κ2) is 6.03. The molecule has 0 bridgehead atoms. The molecular formula is C12H17BrClN3. The van der Waals surface area contributed by atoms with Crippen LogP contribution in [0, 0.1) is 5.92 Å². The molecule has 1 aromatic heterocycles. The topological polar surface area (TPSA) is 42.1 Å². The van der Waals surface area contributed by atoms with E-state index in [0.717, 1.165) is 47.3 Å². The fourth-order valence-corrected chi connectivity index (χ4v) is 3.06. The molecule has 1 aliphatic rings. The van der Waals surface area contributed by atoms with Gasteiger partial charge in [-0.15, -0.1) is 0 Å². The zero-order valence-corrected chi connectivity index (χ0v) is 12.0. The van der Waals surface area contributed by atoms with E-state index >= 15 is 0 Å². The number of anilines is 1. The molecule has 94 valence electrons. The Morgan fingerprint density at radius 3 is 2.76 bits per heavy atom. The Balaban J connectivity index is 2.00. The van der Waals surface area contributed by atoms with Crippen molar-refractivity contribution < 1.29 is 0 Å². The van der Waals surface area contributed by atoms with Crippen molar-refractivity contribution in [2.24, 2.45) is 11.7 Å². The summed E-state index contributed by atoms with van der Waals surface area (Å²) in [5, 5.41) is 0.719. The van der Waals surface area contributed by atoms with Gasteiger partial charge in [0.25, 0.3) is 0 Å². The zero-order valence-electron chi connectivity index (χ0n) is 9.70. The van der Waals surface area contributed by atoms with Crippen LogP contribution in [0.4, 0.5) is 5.82 Å². The third kappa shape index (κ3) is 3.33. The lowest BCUT2D eigenvalue weighted by Crippen LogP contribution is -2.35. The van der Waals surface area contributed by atoms with E-state index in [1.165, 1.54) is 12.8 Å². The second-order valence-electron chi connectivity index (χ2n) is 4.47. The first kappa shape index (κ1) is 13.1. The van der Waals surface area contributed by atoms with Gasteiger partial charge >= 0.3 is 0 Å². The second-order valence-corrected chi connectivity index (χ2v) is 5.79. The van der Waals surface area contributed by atoms with Crippen LogP contribution in [0.5, 0.6) is 0 Å². The molecule has 0 saturated carbocycles. The first-order chi connectivity index (χ1) is 8.20. The SMILES string of the molecule is NCCC1CCN(c2ncc(Br)cc2Cl)CC1. The Labute approximate surface area is 115 Å². The van der Waals surface area contributed by atoms with Crippen molar-refractivity contribution in [3.63, 3.8) is 0 Å². The number of piperidine rings is 1. The lowest BCUT2D eigenvalue weighted by Gasteiger charge is -2.33. The summed E-state index contributed by atoms with van der Waals surface area (Å²) < 4.78 is 0.921. The van der Waals surface area contributed by atoms with Gasteiger partial charge in [0.1, 0.15) is 5.82 Å². The maximum Gasteiger partial charge on any atom is 0.147 e. The van der Waals surface area contributed by atoms with Crippen LogP contribution in [-0.4, -0.2) is 24.6 Å². The Bertz CT molecular complexity index is 378. The molecule has 2 rings (SSSR count). The van der Waals surface area contributed by atoms with Crippen LogP contribution in [0.1, 0.15) is 19.3 Å². The first-order valence-corrected chi connectivity index (χ1v) is 7.14. The third-order valence-electron chi connectivity index (χ3n) is 3.28. The largest absolute Gasteiger partial charge is 0.355 e. The van der Waals surface area contributed by atoms with Gasteiger partial charge in [-0.1, -0.05) is 11.6 Å². The predicted molar refractivity (Wildman–Crippen MR) is 75.6 cm³/mol. The van der Waals surface area contributed by atoms with Gasteiger partial charge in [-0.25, -0.2) is 4.98 Å². The normalized spacial score (nSPS) is 17.5. The average Bonchev–Trinajstić information content (AvgIpc) is 2.31. The molecule has 2 N–H and O–H groups in total. The minimum absolute atomic E-state index is 0.719. The van der Waals surface area contributed by atoms with E-state index < -0.39 is 0 Å². The van der Waals surface area contributed by atoms with E-state index in [1.807, 2.05) is 6.07 Å². The summed E-state index contributed by atoms with van der Waals surface area (Å²) in [6.07, 6.45) is 5.30. The summed E-state index contributed by atoms with van der Waals surface area (Å²) >= 11 is 9.58. The molecule has 3 nitrogen and oxygen atoms in total. The quantitative estimate of drug-likeness (QED) is 0.931. The molecule has 0 atom stereocenters. The average molecular weight is 319 g/mol. The molecule has 17 heavy (non-hydrogen) atoms. The van der Waals surface area contributed by atoms with Crippen molar-refractivity contribution in [3.05, 3.63) is 21.8 Å². The van der Waals surface area contributed by atoms with Crippen LogP contribution >= 0.6 is 27.5 Å². The van der Waals surface area contributed by atoms with Gasteiger partial charge in [-0.3, -0.25) is 0 Å². The van der Waals surface area contributed by atoms with Gasteiger partial charge in [0, 0.05) is 23.8 Å². The highest BCUT2D eigenvalue weighted by molar-refractivity contribution is 9.10. The minimum atomic E-state index is 0.719. The molecule has 0 unspecified atom stereocenters. The summed E-state index contributed by atoms with van der Waals surface area (Å²) in [7, 11) is 0. The molecule has 1 saturated heterocycles. The Kier molecular flexibility index (Phi) is 4.65. The van der Waals surface area contributed by atoms with Gasteiger partial charge in [0.2, 0.25) is 0 Å². The lowest BCUT2D eigenvalue weighted by atomic mass is 9.94. The fourth-order valence-electron chi connectivity index (χ4n) is 2.31. The van der Waals surface area contributed by atoms with Crippen molar-refractivity contribution in [2.75, 3.05) is 24.5 Å². The number of aromatic nitrogens is 1. The Morgan fingerprint density at radius 2 is 2.18 bits per heavy atom. The van der Waals surface area contributed by atoms with E-state index in [0.29, 0.717) is 0 Å². The van der Waals surface area contributed by atoms with Crippen LogP contribution < -0.4 is 10.6 Å². The molecule has 1 aromatic rings. The van der Waals surface area contributed by atoms with Crippen LogP contribution in [0.2, 0.25) is 5.02 Å². The maximum atomic E-state index is 6.21. The number of rotatable bonds is 3. The monoisotopic (exact) mass is 317 g/mol. The van der Waals surface area contributed by atoms with E-state index in [1.54, 1.807) is 6.20 Å². The highest BCUT2D eigenvalue weighted by Crippen LogP contribution is 2.30. The molecule has 0 amide bonds.